The summed E-state index contributed by atoms with van der Waals surface area (Å²) >= 11 is 0. The number of piperidine rings is 1. The molecule has 2 nitrogen and oxygen atoms in total. The molecule has 0 spiro atoms. The Morgan fingerprint density at radius 2 is 1.52 bits per heavy atom. The van der Waals surface area contributed by atoms with Crippen molar-refractivity contribution in [1.82, 2.24) is 4.90 Å². The third-order valence-corrected chi connectivity index (χ3v) is 5.43. The molecule has 1 saturated carbocycles. The van der Waals surface area contributed by atoms with E-state index in [4.69, 9.17) is 0 Å². The molecule has 0 radical (unpaired) electrons. The van der Waals surface area contributed by atoms with Crippen molar-refractivity contribution in [1.29, 1.82) is 0 Å². The minimum absolute atomic E-state index is 0.757. The van der Waals surface area contributed by atoms with E-state index in [1.54, 1.807) is 5.56 Å². The second-order valence-electron chi connectivity index (χ2n) is 7.04. The fourth-order valence-electron chi connectivity index (χ4n) is 4.21. The molecule has 116 valence electrons. The van der Waals surface area contributed by atoms with E-state index in [9.17, 15) is 0 Å². The zero-order valence-corrected chi connectivity index (χ0v) is 13.7. The summed E-state index contributed by atoms with van der Waals surface area (Å²) in [7, 11) is 4.23. The van der Waals surface area contributed by atoms with E-state index in [0.29, 0.717) is 0 Å². The van der Waals surface area contributed by atoms with Crippen LogP contribution in [0.5, 0.6) is 0 Å². The molecule has 0 bridgehead atoms. The molecular formula is C19H30N2. The molecule has 1 aromatic rings. The van der Waals surface area contributed by atoms with Gasteiger partial charge in [0.05, 0.1) is 0 Å². The van der Waals surface area contributed by atoms with Gasteiger partial charge in [0.25, 0.3) is 0 Å². The normalized spacial score (nSPS) is 27.5. The van der Waals surface area contributed by atoms with E-state index in [1.807, 2.05) is 0 Å². The average Bonchev–Trinajstić information content (AvgIpc) is 2.56. The lowest BCUT2D eigenvalue weighted by atomic mass is 9.78. The van der Waals surface area contributed by atoms with Crippen LogP contribution in [0.3, 0.4) is 0 Å². The van der Waals surface area contributed by atoms with Crippen molar-refractivity contribution in [3.8, 4) is 0 Å². The van der Waals surface area contributed by atoms with Crippen molar-refractivity contribution < 1.29 is 0 Å². The standard InChI is InChI=1S/C19H30N2/c1-20(2)17-12-10-16(11-13-17)18-8-4-5-9-19(18)21-14-6-3-7-15-21/h10-13,18-19H,3-9,14-15H2,1-2H3/t18-,19+/m0/s1. The van der Waals surface area contributed by atoms with Gasteiger partial charge in [-0.1, -0.05) is 31.4 Å². The summed E-state index contributed by atoms with van der Waals surface area (Å²) in [5, 5.41) is 0. The van der Waals surface area contributed by atoms with Crippen LogP contribution in [0.4, 0.5) is 5.69 Å². The maximum atomic E-state index is 2.80. The lowest BCUT2D eigenvalue weighted by molar-refractivity contribution is 0.113. The zero-order valence-electron chi connectivity index (χ0n) is 13.7. The van der Waals surface area contributed by atoms with Crippen molar-refractivity contribution in [2.24, 2.45) is 0 Å². The Balaban J connectivity index is 1.76. The van der Waals surface area contributed by atoms with Crippen LogP contribution >= 0.6 is 0 Å². The molecule has 0 unspecified atom stereocenters. The summed E-state index contributed by atoms with van der Waals surface area (Å²) in [6.45, 7) is 2.66. The molecule has 2 atom stereocenters. The second kappa shape index (κ2) is 6.83. The first-order chi connectivity index (χ1) is 10.3. The Morgan fingerprint density at radius 3 is 2.19 bits per heavy atom. The fourth-order valence-corrected chi connectivity index (χ4v) is 4.21. The average molecular weight is 286 g/mol. The van der Waals surface area contributed by atoms with Crippen LogP contribution in [0.15, 0.2) is 24.3 Å². The highest BCUT2D eigenvalue weighted by molar-refractivity contribution is 5.46. The first-order valence-electron chi connectivity index (χ1n) is 8.77. The Hall–Kier alpha value is -1.02. The van der Waals surface area contributed by atoms with Crippen molar-refractivity contribution in [2.75, 3.05) is 32.1 Å². The fraction of sp³-hybridized carbons (Fsp3) is 0.684. The van der Waals surface area contributed by atoms with E-state index in [-0.39, 0.29) is 0 Å². The van der Waals surface area contributed by atoms with Crippen LogP contribution in [-0.4, -0.2) is 38.1 Å². The Morgan fingerprint density at radius 1 is 0.857 bits per heavy atom. The third kappa shape index (κ3) is 3.42. The molecule has 1 aromatic carbocycles. The Bertz CT molecular complexity index is 431. The molecule has 0 amide bonds. The van der Waals surface area contributed by atoms with Crippen LogP contribution < -0.4 is 4.90 Å². The smallest absolute Gasteiger partial charge is 0.0361 e. The van der Waals surface area contributed by atoms with Gasteiger partial charge in [0.15, 0.2) is 0 Å². The number of rotatable bonds is 3. The molecular weight excluding hydrogens is 256 g/mol. The largest absolute Gasteiger partial charge is 0.378 e. The molecule has 1 saturated heterocycles. The Kier molecular flexibility index (Phi) is 4.84. The maximum absolute atomic E-state index is 2.80. The molecule has 21 heavy (non-hydrogen) atoms. The van der Waals surface area contributed by atoms with E-state index in [1.165, 1.54) is 63.7 Å². The molecule has 1 aliphatic heterocycles. The van der Waals surface area contributed by atoms with Crippen LogP contribution in [-0.2, 0) is 0 Å². The number of anilines is 1. The van der Waals surface area contributed by atoms with Crippen LogP contribution in [0, 0.1) is 0 Å². The maximum Gasteiger partial charge on any atom is 0.0361 e. The second-order valence-corrected chi connectivity index (χ2v) is 7.04. The first kappa shape index (κ1) is 14.9. The minimum Gasteiger partial charge on any atom is -0.378 e. The van der Waals surface area contributed by atoms with Gasteiger partial charge >= 0.3 is 0 Å². The van der Waals surface area contributed by atoms with Crippen molar-refractivity contribution in [2.45, 2.75) is 56.9 Å². The topological polar surface area (TPSA) is 6.48 Å². The minimum atomic E-state index is 0.757. The molecule has 2 heteroatoms. The van der Waals surface area contributed by atoms with Crippen LogP contribution in [0.25, 0.3) is 0 Å². The third-order valence-electron chi connectivity index (χ3n) is 5.43. The van der Waals surface area contributed by atoms with Gasteiger partial charge in [-0.05, 0) is 62.4 Å². The highest BCUT2D eigenvalue weighted by atomic mass is 15.2. The van der Waals surface area contributed by atoms with Gasteiger partial charge < -0.3 is 4.90 Å². The molecule has 2 fully saturated rings. The van der Waals surface area contributed by atoms with Gasteiger partial charge in [0.1, 0.15) is 0 Å². The lowest BCUT2D eigenvalue weighted by Crippen LogP contribution is -2.44. The van der Waals surface area contributed by atoms with Crippen molar-refractivity contribution >= 4 is 5.69 Å². The summed E-state index contributed by atoms with van der Waals surface area (Å²) in [6.07, 6.45) is 9.86. The molecule has 0 aromatic heterocycles. The van der Waals surface area contributed by atoms with E-state index in [0.717, 1.165) is 12.0 Å². The van der Waals surface area contributed by atoms with Gasteiger partial charge in [-0.2, -0.15) is 0 Å². The summed E-state index contributed by atoms with van der Waals surface area (Å²) < 4.78 is 0. The number of hydrogen-bond acceptors (Lipinski definition) is 2. The summed E-state index contributed by atoms with van der Waals surface area (Å²) in [5.41, 5.74) is 2.87. The summed E-state index contributed by atoms with van der Waals surface area (Å²) in [6, 6.07) is 10.1. The SMILES string of the molecule is CN(C)c1ccc([C@@H]2CCCC[C@H]2N2CCCCC2)cc1. The Labute approximate surface area is 130 Å². The molecule has 2 aliphatic rings. The van der Waals surface area contributed by atoms with Gasteiger partial charge in [0.2, 0.25) is 0 Å². The zero-order chi connectivity index (χ0) is 14.7. The van der Waals surface area contributed by atoms with E-state index < -0.39 is 0 Å². The van der Waals surface area contributed by atoms with E-state index in [2.05, 4.69) is 48.2 Å². The number of likely N-dealkylation sites (tertiary alicyclic amines) is 1. The van der Waals surface area contributed by atoms with Crippen LogP contribution in [0.2, 0.25) is 0 Å². The number of hydrogen-bond donors (Lipinski definition) is 0. The van der Waals surface area contributed by atoms with Crippen LogP contribution in [0.1, 0.15) is 56.4 Å². The quantitative estimate of drug-likeness (QED) is 0.819. The van der Waals surface area contributed by atoms with Gasteiger partial charge in [0, 0.05) is 25.8 Å². The highest BCUT2D eigenvalue weighted by Crippen LogP contribution is 2.37. The molecule has 3 rings (SSSR count). The predicted molar refractivity (Wildman–Crippen MR) is 91.2 cm³/mol. The van der Waals surface area contributed by atoms with Gasteiger partial charge in [-0.3, -0.25) is 4.90 Å². The number of benzene rings is 1. The monoisotopic (exact) mass is 286 g/mol. The highest BCUT2D eigenvalue weighted by Gasteiger charge is 2.31. The first-order valence-corrected chi connectivity index (χ1v) is 8.77. The molecule has 0 N–H and O–H groups in total. The van der Waals surface area contributed by atoms with Crippen molar-refractivity contribution in [3.63, 3.8) is 0 Å². The van der Waals surface area contributed by atoms with Gasteiger partial charge in [-0.25, -0.2) is 0 Å². The lowest BCUT2D eigenvalue weighted by Gasteiger charge is -2.42. The predicted octanol–water partition coefficient (Wildman–Crippen LogP) is 4.26. The number of nitrogens with zero attached hydrogens (tertiary/aromatic N) is 2. The molecule has 1 aliphatic carbocycles. The van der Waals surface area contributed by atoms with Crippen molar-refractivity contribution in [3.05, 3.63) is 29.8 Å². The summed E-state index contributed by atoms with van der Waals surface area (Å²) in [5.74, 6) is 0.757. The molecule has 1 heterocycles. The van der Waals surface area contributed by atoms with Gasteiger partial charge in [-0.15, -0.1) is 0 Å². The van der Waals surface area contributed by atoms with E-state index >= 15 is 0 Å². The summed E-state index contributed by atoms with van der Waals surface area (Å²) in [4.78, 5) is 4.99.